The smallest absolute Gasteiger partial charge is 0.328 e. The van der Waals surface area contributed by atoms with Crippen LogP contribution in [0.1, 0.15) is 408 Å². The molecule has 0 spiro atoms. The number of carbonyl (C=O) groups excluding carboxylic acids is 7. The van der Waals surface area contributed by atoms with E-state index in [1.54, 1.807) is 0 Å². The maximum Gasteiger partial charge on any atom is 0.328 e. The first-order valence-electron chi connectivity index (χ1n) is 52.1. The van der Waals surface area contributed by atoms with Gasteiger partial charge in [0.15, 0.2) is 24.5 Å². The molecule has 2 unspecified atom stereocenters. The summed E-state index contributed by atoms with van der Waals surface area (Å²) in [7, 11) is 0. The van der Waals surface area contributed by atoms with Crippen LogP contribution < -0.4 is 10.6 Å². The number of esters is 4. The molecule has 1 aliphatic heterocycles. The molecule has 4 N–H and O–H groups in total. The summed E-state index contributed by atoms with van der Waals surface area (Å²) in [6, 6.07) is -3.31. The van der Waals surface area contributed by atoms with E-state index in [2.05, 4.69) is 265 Å². The molecule has 1 rings (SSSR count). The zero-order valence-corrected chi connectivity index (χ0v) is 87.6. The van der Waals surface area contributed by atoms with Crippen LogP contribution in [0, 0.1) is 265 Å². The van der Waals surface area contributed by atoms with Gasteiger partial charge in [-0.15, -0.1) is 51.4 Å². The lowest BCUT2D eigenvalue weighted by Crippen LogP contribution is -2.67. The molecule has 774 valence electrons. The second-order valence-electron chi connectivity index (χ2n) is 33.8. The molecule has 19 nitrogen and oxygen atoms in total. The van der Waals surface area contributed by atoms with E-state index in [0.717, 1.165) is 173 Å². The van der Waals surface area contributed by atoms with Gasteiger partial charge in [0.05, 0.1) is 32.5 Å². The molecule has 0 bridgehead atoms. The molecule has 145 heavy (non-hydrogen) atoms. The van der Waals surface area contributed by atoms with Crippen molar-refractivity contribution in [1.29, 1.82) is 0 Å². The number of unbranched alkanes of at least 4 members (excludes halogenated alkanes) is 42. The third kappa shape index (κ3) is 97.2. The van der Waals surface area contributed by atoms with E-state index in [0.29, 0.717) is 57.8 Å². The van der Waals surface area contributed by atoms with E-state index in [4.69, 9.17) is 84.5 Å². The minimum absolute atomic E-state index is 0.105. The summed E-state index contributed by atoms with van der Waals surface area (Å²) in [6.07, 6.45) is 80.0. The Morgan fingerprint density at radius 3 is 0.786 bits per heavy atom. The van der Waals surface area contributed by atoms with Gasteiger partial charge in [0.2, 0.25) is 11.8 Å². The van der Waals surface area contributed by atoms with Crippen molar-refractivity contribution in [2.45, 2.75) is 463 Å². The van der Waals surface area contributed by atoms with Crippen LogP contribution in [0.2, 0.25) is 0 Å². The van der Waals surface area contributed by atoms with Gasteiger partial charge in [-0.3, -0.25) is 33.6 Å². The number of ether oxygens (including phenoxy) is 7. The molecule has 0 aromatic heterocycles. The number of aliphatic hydroxyl groups is 1. The average molecular weight is 1970 g/mol. The Hall–Kier alpha value is -14.0. The predicted molar refractivity (Wildman–Crippen MR) is 580 cm³/mol. The summed E-state index contributed by atoms with van der Waals surface area (Å²) < 4.78 is 42.5. The van der Waals surface area contributed by atoms with Crippen molar-refractivity contribution in [3.05, 3.63) is 0 Å². The van der Waals surface area contributed by atoms with Crippen molar-refractivity contribution in [2.75, 3.05) is 13.2 Å². The Balaban J connectivity index is -0.00000183. The van der Waals surface area contributed by atoms with Crippen LogP contribution in [0.25, 0.3) is 0 Å². The molecule has 0 aromatic rings. The number of hydrogen-bond acceptors (Lipinski definition) is 16. The highest BCUT2D eigenvalue weighted by molar-refractivity contribution is 5.84. The number of rotatable bonds is 73. The van der Waals surface area contributed by atoms with Gasteiger partial charge >= 0.3 is 29.8 Å². The highest BCUT2D eigenvalue weighted by Crippen LogP contribution is 2.30. The number of aliphatic carboxylic acids is 1. The number of terminal acetylenes is 8. The van der Waals surface area contributed by atoms with Crippen LogP contribution in [-0.2, 0) is 71.5 Å². The topological polar surface area (TPSA) is 266 Å². The van der Waals surface area contributed by atoms with Gasteiger partial charge in [0.1, 0.15) is 30.5 Å². The van der Waals surface area contributed by atoms with E-state index < -0.39 is 116 Å². The van der Waals surface area contributed by atoms with Crippen LogP contribution >= 0.6 is 0 Å². The lowest BCUT2D eigenvalue weighted by Gasteiger charge is -2.44. The number of nitrogens with one attached hydrogen (secondary N) is 2. The number of hydrogen-bond donors (Lipinski definition) is 4. The minimum Gasteiger partial charge on any atom is -0.480 e. The van der Waals surface area contributed by atoms with Crippen LogP contribution in [0.3, 0.4) is 0 Å². The molecule has 1 saturated heterocycles. The van der Waals surface area contributed by atoms with Gasteiger partial charge < -0.3 is 54.0 Å². The average Bonchev–Trinajstić information content (AvgIpc) is 0.783. The van der Waals surface area contributed by atoms with Gasteiger partial charge in [-0.05, 0) is 271 Å². The second kappa shape index (κ2) is 112. The number of amides is 2. The predicted octanol–water partition coefficient (Wildman–Crippen LogP) is 20.4. The van der Waals surface area contributed by atoms with E-state index in [9.17, 15) is 48.6 Å². The third-order valence-electron chi connectivity index (χ3n) is 21.7. The first kappa shape index (κ1) is 137. The highest BCUT2D eigenvalue weighted by atomic mass is 16.7. The maximum atomic E-state index is 14.8. The Labute approximate surface area is 875 Å². The van der Waals surface area contributed by atoms with Crippen molar-refractivity contribution in [1.82, 2.24) is 10.6 Å². The van der Waals surface area contributed by atoms with Crippen LogP contribution in [-0.4, -0.2) is 127 Å². The van der Waals surface area contributed by atoms with Crippen molar-refractivity contribution < 1.29 is 81.7 Å². The van der Waals surface area contributed by atoms with Crippen molar-refractivity contribution in [3.8, 4) is 265 Å². The van der Waals surface area contributed by atoms with E-state index in [1.165, 1.54) is 96.3 Å². The zero-order valence-electron chi connectivity index (χ0n) is 87.6. The molecule has 0 aromatic carbocycles. The first-order chi connectivity index (χ1) is 70.8. The number of carboxylic acid groups (broad SMARTS) is 1. The van der Waals surface area contributed by atoms with Gasteiger partial charge in [0.25, 0.3) is 6.47 Å². The molecular formula is C126H158N2O17. The van der Waals surface area contributed by atoms with Gasteiger partial charge in [-0.2, -0.15) is 0 Å². The van der Waals surface area contributed by atoms with Crippen molar-refractivity contribution in [2.24, 2.45) is 0 Å². The molecule has 9 atom stereocenters. The van der Waals surface area contributed by atoms with Crippen molar-refractivity contribution in [3.63, 3.8) is 0 Å². The van der Waals surface area contributed by atoms with Gasteiger partial charge in [0, 0.05) is 19.3 Å². The normalized spacial score (nSPS) is 13.0. The van der Waals surface area contributed by atoms with Crippen LogP contribution in [0.15, 0.2) is 0 Å². The Morgan fingerprint density at radius 1 is 0.310 bits per heavy atom. The summed E-state index contributed by atoms with van der Waals surface area (Å²) in [6.45, 7) is 11.6. The Bertz CT molecular complexity index is 4650. The van der Waals surface area contributed by atoms with E-state index in [-0.39, 0.29) is 38.6 Å². The molecular weight excluding hydrogens is 1810 g/mol. The fourth-order valence-corrected chi connectivity index (χ4v) is 14.4. The summed E-state index contributed by atoms with van der Waals surface area (Å²) in [5.41, 5.74) is 0. The highest BCUT2D eigenvalue weighted by Gasteiger charge is 2.51. The molecule has 19 heteroatoms. The fraction of sp³-hybridized carbons (Fsp3) is 0.587. The number of carbonyl (C=O) groups is 8. The van der Waals surface area contributed by atoms with Gasteiger partial charge in [-0.1, -0.05) is 311 Å². The number of aliphatic hydroxyl groups excluding tert-OH is 1. The van der Waals surface area contributed by atoms with Gasteiger partial charge in [-0.25, -0.2) is 4.79 Å². The summed E-state index contributed by atoms with van der Waals surface area (Å²) >= 11 is 0. The summed E-state index contributed by atoms with van der Waals surface area (Å²) in [5, 5.41) is 27.0. The number of carboxylic acids is 1. The minimum atomic E-state index is -1.73. The monoisotopic (exact) mass is 1970 g/mol. The lowest BCUT2D eigenvalue weighted by atomic mass is 9.95. The SMILES string of the molecule is C#CC#CC#CC#CC#C.C#CC#CC#CC#CC#C.C#CC#CC#CC#CC#C.C#CC#CC#CC#CC#CC#CC#C.CCCCCCCCCCC[C@H](CC(=O)NC1[C@H](OC[C@@H](NC(=O)C[C@@H](CCCCCCCCCCC)OC(=O)CCCCCCCCC)C(=O)O)OC(CO)[C@@H](OC=O)[C@@H]1OC(=O)C[C@@H](CCCCCCCCCCC)OC(=O)CCCCCCCCC)OC(=O)CCCCCCCCC. The van der Waals surface area contributed by atoms with Crippen LogP contribution in [0.5, 0.6) is 0 Å². The second-order valence-corrected chi connectivity index (χ2v) is 33.8. The molecule has 0 saturated carbocycles. The summed E-state index contributed by atoms with van der Waals surface area (Å²) in [4.78, 5) is 109. The van der Waals surface area contributed by atoms with Crippen LogP contribution in [0.4, 0.5) is 0 Å². The Kier molecular flexibility index (Phi) is 106. The molecule has 1 fully saturated rings. The third-order valence-corrected chi connectivity index (χ3v) is 21.7. The molecule has 1 heterocycles. The van der Waals surface area contributed by atoms with E-state index >= 15 is 0 Å². The largest absolute Gasteiger partial charge is 0.480 e. The first-order valence-corrected chi connectivity index (χ1v) is 52.1. The molecule has 0 aliphatic carbocycles. The zero-order chi connectivity index (χ0) is 107. The quantitative estimate of drug-likeness (QED) is 0.0145. The fourth-order valence-electron chi connectivity index (χ4n) is 14.4. The lowest BCUT2D eigenvalue weighted by molar-refractivity contribution is -0.276. The molecule has 0 radical (unpaired) electrons. The molecule has 1 aliphatic rings. The Morgan fingerprint density at radius 2 is 0.545 bits per heavy atom. The molecule has 2 amide bonds. The van der Waals surface area contributed by atoms with E-state index in [1.807, 2.05) is 0 Å². The standard InChI is InChI=1S/C82H150N2O17.C14H2.3C10H2/c1-7-13-19-25-31-34-40-43-49-55-67(97-74(89)58-52-46-37-28-22-16-10-4)61-72(87)83-70(81(93)94)65-95-82-78(84-73(88)62-68(56-50-44-41-35-32-26-20-14-8-2)98-75(90)59-53-47-38-29-23-17-11-5)80(79(96-66-86)71(64-85)100-82)101-77(92)63-69(57-51-45-42-36-33-27-21-15-9-3)99-76(91)60-54-48-39-30-24-18-12-6;1-3-5-7-9-11-13-14-12-10-8-6-4-2;3*1-3-5-7-9-10-8-6-4-2/h66-71,78-80,82,85H,7-65H2,1-6H3,(H,83,87)(H,84,88)(H,93,94);1-2H;3*1-2H/t67-,68-,69-,70-,71?,78?,79-,80-,82-;;;;/m1..../s1. The maximum absolute atomic E-state index is 14.8. The van der Waals surface area contributed by atoms with Crippen molar-refractivity contribution >= 4 is 48.1 Å². The summed E-state index contributed by atoms with van der Waals surface area (Å²) in [5.74, 6) is 78.4.